The summed E-state index contributed by atoms with van der Waals surface area (Å²) < 4.78 is 0. The summed E-state index contributed by atoms with van der Waals surface area (Å²) in [5.41, 5.74) is 7.11. The largest absolute Gasteiger partial charge is 0.508 e. The molecular weight excluding hydrogens is 456 g/mol. The van der Waals surface area contributed by atoms with Crippen LogP contribution in [0, 0.1) is 5.92 Å². The molecule has 8 N–H and O–H groups in total. The van der Waals surface area contributed by atoms with Gasteiger partial charge in [-0.1, -0.05) is 26.0 Å². The SMILES string of the molecule is CC(C)CC(N)C(=O)NC(Cc1cnc[nH]1)C(=O)NCC(=O)NC(Cc1ccc(O)cc1)C(=O)O. The topological polar surface area (TPSA) is 200 Å². The molecule has 1 aromatic carbocycles. The Morgan fingerprint density at radius 2 is 1.71 bits per heavy atom. The lowest BCUT2D eigenvalue weighted by atomic mass is 10.0. The summed E-state index contributed by atoms with van der Waals surface area (Å²) >= 11 is 0. The minimum atomic E-state index is -1.25. The number of aliphatic carboxylic acids is 1. The van der Waals surface area contributed by atoms with Crippen LogP contribution < -0.4 is 21.7 Å². The molecule has 3 atom stereocenters. The van der Waals surface area contributed by atoms with E-state index in [-0.39, 0.29) is 24.5 Å². The number of carbonyl (C=O) groups is 4. The molecule has 0 saturated carbocycles. The number of carboxylic acid groups (broad SMARTS) is 1. The van der Waals surface area contributed by atoms with Crippen LogP contribution >= 0.6 is 0 Å². The van der Waals surface area contributed by atoms with Gasteiger partial charge in [-0.2, -0.15) is 0 Å². The average molecular weight is 489 g/mol. The number of aromatic amines is 1. The maximum absolute atomic E-state index is 12.8. The maximum Gasteiger partial charge on any atom is 0.326 e. The highest BCUT2D eigenvalue weighted by molar-refractivity contribution is 5.92. The number of phenolic OH excluding ortho intramolecular Hbond substituents is 1. The molecule has 3 unspecified atom stereocenters. The molecule has 2 aromatic rings. The Hall–Kier alpha value is -3.93. The molecule has 0 aliphatic heterocycles. The third-order valence-electron chi connectivity index (χ3n) is 5.11. The lowest BCUT2D eigenvalue weighted by Gasteiger charge is -2.21. The number of carboxylic acids is 1. The fraction of sp³-hybridized carbons (Fsp3) is 0.435. The minimum absolute atomic E-state index is 0.0124. The maximum atomic E-state index is 12.8. The number of rotatable bonds is 13. The Labute approximate surface area is 202 Å². The van der Waals surface area contributed by atoms with Crippen LogP contribution in [0.5, 0.6) is 5.75 Å². The van der Waals surface area contributed by atoms with Crippen molar-refractivity contribution >= 4 is 23.7 Å². The number of H-pyrrole nitrogens is 1. The van der Waals surface area contributed by atoms with Crippen molar-refractivity contribution < 1.29 is 29.4 Å². The average Bonchev–Trinajstić information content (AvgIpc) is 3.30. The lowest BCUT2D eigenvalue weighted by molar-refractivity contribution is -0.141. The van der Waals surface area contributed by atoms with Crippen LogP contribution in [0.4, 0.5) is 0 Å². The quantitative estimate of drug-likeness (QED) is 0.194. The van der Waals surface area contributed by atoms with Gasteiger partial charge in [-0.25, -0.2) is 9.78 Å². The first-order valence-electron chi connectivity index (χ1n) is 11.2. The van der Waals surface area contributed by atoms with Crippen molar-refractivity contribution in [2.45, 2.75) is 51.2 Å². The van der Waals surface area contributed by atoms with Gasteiger partial charge in [-0.3, -0.25) is 14.4 Å². The Morgan fingerprint density at radius 1 is 1.03 bits per heavy atom. The molecule has 12 nitrogen and oxygen atoms in total. The monoisotopic (exact) mass is 488 g/mol. The van der Waals surface area contributed by atoms with Crippen molar-refractivity contribution in [3.05, 3.63) is 48.0 Å². The smallest absolute Gasteiger partial charge is 0.326 e. The molecule has 0 radical (unpaired) electrons. The summed E-state index contributed by atoms with van der Waals surface area (Å²) in [7, 11) is 0. The molecule has 2 rings (SSSR count). The van der Waals surface area contributed by atoms with Crippen LogP contribution in [0.25, 0.3) is 0 Å². The van der Waals surface area contributed by atoms with Crippen molar-refractivity contribution in [3.8, 4) is 5.75 Å². The zero-order valence-corrected chi connectivity index (χ0v) is 19.7. The number of benzene rings is 1. The summed E-state index contributed by atoms with van der Waals surface area (Å²) in [4.78, 5) is 55.9. The Bertz CT molecular complexity index is 992. The number of aromatic hydroxyl groups is 1. The molecule has 0 fully saturated rings. The zero-order valence-electron chi connectivity index (χ0n) is 19.7. The van der Waals surface area contributed by atoms with Gasteiger partial charge >= 0.3 is 5.97 Å². The summed E-state index contributed by atoms with van der Waals surface area (Å²) in [6.45, 7) is 3.35. The van der Waals surface area contributed by atoms with Gasteiger partial charge < -0.3 is 36.9 Å². The van der Waals surface area contributed by atoms with Gasteiger partial charge in [0.1, 0.15) is 17.8 Å². The fourth-order valence-electron chi connectivity index (χ4n) is 3.32. The van der Waals surface area contributed by atoms with Crippen LogP contribution in [0.3, 0.4) is 0 Å². The first kappa shape index (κ1) is 27.3. The van der Waals surface area contributed by atoms with Crippen LogP contribution in [0.1, 0.15) is 31.5 Å². The van der Waals surface area contributed by atoms with E-state index in [4.69, 9.17) is 5.73 Å². The van der Waals surface area contributed by atoms with Crippen LogP contribution in [-0.4, -0.2) is 68.5 Å². The van der Waals surface area contributed by atoms with Gasteiger partial charge in [0, 0.05) is 24.7 Å². The summed E-state index contributed by atoms with van der Waals surface area (Å²) in [5.74, 6) is -2.88. The predicted molar refractivity (Wildman–Crippen MR) is 126 cm³/mol. The number of nitrogens with two attached hydrogens (primary N) is 1. The number of nitrogens with one attached hydrogen (secondary N) is 4. The highest BCUT2D eigenvalue weighted by Crippen LogP contribution is 2.11. The molecule has 190 valence electrons. The number of hydrogen-bond acceptors (Lipinski definition) is 7. The number of hydrogen-bond donors (Lipinski definition) is 7. The molecule has 0 bridgehead atoms. The van der Waals surface area contributed by atoms with E-state index in [9.17, 15) is 29.4 Å². The zero-order chi connectivity index (χ0) is 26.0. The second-order valence-electron chi connectivity index (χ2n) is 8.62. The number of nitrogens with zero attached hydrogens (tertiary/aromatic N) is 1. The molecule has 0 aliphatic rings. The van der Waals surface area contributed by atoms with Gasteiger partial charge in [-0.15, -0.1) is 0 Å². The van der Waals surface area contributed by atoms with Crippen LogP contribution in [0.15, 0.2) is 36.8 Å². The fourth-order valence-corrected chi connectivity index (χ4v) is 3.32. The van der Waals surface area contributed by atoms with Crippen molar-refractivity contribution in [2.24, 2.45) is 11.7 Å². The predicted octanol–water partition coefficient (Wildman–Crippen LogP) is -0.556. The van der Waals surface area contributed by atoms with E-state index in [1.54, 1.807) is 12.1 Å². The van der Waals surface area contributed by atoms with E-state index >= 15 is 0 Å². The molecule has 12 heteroatoms. The summed E-state index contributed by atoms with van der Waals surface area (Å²) in [6.07, 6.45) is 3.45. The highest BCUT2D eigenvalue weighted by atomic mass is 16.4. The number of phenols is 1. The summed E-state index contributed by atoms with van der Waals surface area (Å²) in [5, 5.41) is 26.2. The molecule has 1 aromatic heterocycles. The number of carbonyl (C=O) groups excluding carboxylic acids is 3. The van der Waals surface area contributed by atoms with Gasteiger partial charge in [0.2, 0.25) is 17.7 Å². The summed E-state index contributed by atoms with van der Waals surface area (Å²) in [6, 6.07) is 2.86. The molecule has 0 spiro atoms. The van der Waals surface area contributed by atoms with E-state index < -0.39 is 48.4 Å². The van der Waals surface area contributed by atoms with Crippen molar-refractivity contribution in [2.75, 3.05) is 6.54 Å². The normalized spacial score (nSPS) is 13.5. The van der Waals surface area contributed by atoms with E-state index in [1.807, 2.05) is 13.8 Å². The third-order valence-corrected chi connectivity index (χ3v) is 5.11. The van der Waals surface area contributed by atoms with E-state index in [0.717, 1.165) is 0 Å². The van der Waals surface area contributed by atoms with Gasteiger partial charge in [0.05, 0.1) is 18.9 Å². The van der Waals surface area contributed by atoms with Gasteiger partial charge in [-0.05, 0) is 30.0 Å². The molecule has 0 saturated heterocycles. The minimum Gasteiger partial charge on any atom is -0.508 e. The van der Waals surface area contributed by atoms with Crippen LogP contribution in [-0.2, 0) is 32.0 Å². The van der Waals surface area contributed by atoms with E-state index in [2.05, 4.69) is 25.9 Å². The Balaban J connectivity index is 1.97. The van der Waals surface area contributed by atoms with Gasteiger partial charge in [0.25, 0.3) is 0 Å². The first-order chi connectivity index (χ1) is 16.5. The standard InChI is InChI=1S/C23H32N6O6/c1-13(2)7-17(24)21(32)29-18(9-15-10-25-12-27-15)22(33)26-11-20(31)28-19(23(34)35)8-14-3-5-16(30)6-4-14/h3-6,10,12-13,17-19,30H,7-9,11,24H2,1-2H3,(H,25,27)(H,26,33)(H,28,31)(H,29,32)(H,34,35). The molecule has 1 heterocycles. The van der Waals surface area contributed by atoms with Gasteiger partial charge in [0.15, 0.2) is 0 Å². The number of aromatic nitrogens is 2. The van der Waals surface area contributed by atoms with E-state index in [1.165, 1.54) is 24.7 Å². The van der Waals surface area contributed by atoms with Crippen molar-refractivity contribution in [1.29, 1.82) is 0 Å². The number of imidazole rings is 1. The molecular formula is C23H32N6O6. The highest BCUT2D eigenvalue weighted by Gasteiger charge is 2.26. The first-order valence-corrected chi connectivity index (χ1v) is 11.2. The Kier molecular flexibility index (Phi) is 10.2. The lowest BCUT2D eigenvalue weighted by Crippen LogP contribution is -2.54. The molecule has 35 heavy (non-hydrogen) atoms. The van der Waals surface area contributed by atoms with Crippen LogP contribution in [0.2, 0.25) is 0 Å². The second-order valence-corrected chi connectivity index (χ2v) is 8.62. The van der Waals surface area contributed by atoms with Crippen molar-refractivity contribution in [1.82, 2.24) is 25.9 Å². The van der Waals surface area contributed by atoms with Crippen molar-refractivity contribution in [3.63, 3.8) is 0 Å². The molecule has 0 aliphatic carbocycles. The molecule has 3 amide bonds. The third kappa shape index (κ3) is 9.45. The second kappa shape index (κ2) is 13.1. The Morgan fingerprint density at radius 3 is 2.29 bits per heavy atom. The number of amides is 3. The van der Waals surface area contributed by atoms with E-state index in [0.29, 0.717) is 17.7 Å².